The molecule has 38 heavy (non-hydrogen) atoms. The predicted octanol–water partition coefficient (Wildman–Crippen LogP) is 1.31. The van der Waals surface area contributed by atoms with E-state index in [9.17, 15) is 24.0 Å². The van der Waals surface area contributed by atoms with Gasteiger partial charge in [0.25, 0.3) is 11.8 Å². The first-order valence-corrected chi connectivity index (χ1v) is 13.2. The molecule has 13 nitrogen and oxygen atoms in total. The number of anilines is 1. The van der Waals surface area contributed by atoms with Crippen molar-refractivity contribution in [2.75, 3.05) is 18.3 Å². The normalized spacial score (nSPS) is 19.6. The predicted molar refractivity (Wildman–Crippen MR) is 138 cm³/mol. The highest BCUT2D eigenvalue weighted by Gasteiger charge is 2.54. The van der Waals surface area contributed by atoms with Crippen molar-refractivity contribution in [1.82, 2.24) is 15.2 Å². The Kier molecular flexibility index (Phi) is 8.93. The van der Waals surface area contributed by atoms with Gasteiger partial charge in [0.1, 0.15) is 22.8 Å². The number of aromatic nitrogens is 1. The van der Waals surface area contributed by atoms with Gasteiger partial charge in [0, 0.05) is 18.1 Å². The number of thioether (sulfide) groups is 1. The molecule has 0 spiro atoms. The largest absolute Gasteiger partial charge is 0.427 e. The van der Waals surface area contributed by atoms with Gasteiger partial charge in [-0.1, -0.05) is 17.3 Å². The number of amides is 2. The van der Waals surface area contributed by atoms with Crippen LogP contribution < -0.4 is 11.1 Å². The Bertz CT molecular complexity index is 1250. The molecule has 204 valence electrons. The molecular formula is C23H27N5O8S2. The number of nitrogens with two attached hydrogens (primary N) is 1. The van der Waals surface area contributed by atoms with Gasteiger partial charge in [-0.3, -0.25) is 19.3 Å². The maximum Gasteiger partial charge on any atom is 0.358 e. The first kappa shape index (κ1) is 28.8. The third-order valence-electron chi connectivity index (χ3n) is 5.08. The SMILES string of the molecule is C/C=C/C1=C(C(=O)OCOC(=O)C(C)(C)C)N2C(=O)[C@@H](NC(=O)/C(=N\OC(C)=O)c3csc(N)n3)[C@@H]2SC1. The number of nitrogens with one attached hydrogen (secondary N) is 1. The molecule has 3 N–H and O–H groups in total. The molecule has 0 unspecified atom stereocenters. The number of allylic oxidation sites excluding steroid dienone is 2. The summed E-state index contributed by atoms with van der Waals surface area (Å²) < 4.78 is 10.1. The quantitative estimate of drug-likeness (QED) is 0.116. The Labute approximate surface area is 226 Å². The summed E-state index contributed by atoms with van der Waals surface area (Å²) in [5.74, 6) is -3.21. The van der Waals surface area contributed by atoms with Gasteiger partial charge in [0.2, 0.25) is 6.79 Å². The van der Waals surface area contributed by atoms with Crippen LogP contribution in [0.3, 0.4) is 0 Å². The van der Waals surface area contributed by atoms with Gasteiger partial charge in [0.15, 0.2) is 10.8 Å². The fraction of sp³-hybridized carbons (Fsp3) is 0.435. The topological polar surface area (TPSA) is 180 Å². The zero-order valence-corrected chi connectivity index (χ0v) is 22.9. The summed E-state index contributed by atoms with van der Waals surface area (Å²) in [5, 5.41) is 7.12. The number of β-lactam (4-membered cyclic amide) rings is 1. The zero-order chi connectivity index (χ0) is 28.2. The number of esters is 2. The van der Waals surface area contributed by atoms with E-state index in [-0.39, 0.29) is 22.2 Å². The Balaban J connectivity index is 1.76. The number of thiazole rings is 1. The lowest BCUT2D eigenvalue weighted by Crippen LogP contribution is -2.71. The fourth-order valence-corrected chi connectivity index (χ4v) is 5.17. The van der Waals surface area contributed by atoms with E-state index in [1.165, 1.54) is 22.0 Å². The maximum absolute atomic E-state index is 13.1. The summed E-state index contributed by atoms with van der Waals surface area (Å²) in [4.78, 5) is 72.1. The van der Waals surface area contributed by atoms with E-state index >= 15 is 0 Å². The van der Waals surface area contributed by atoms with Gasteiger partial charge in [-0.25, -0.2) is 14.6 Å². The highest BCUT2D eigenvalue weighted by atomic mass is 32.2. The van der Waals surface area contributed by atoms with Crippen LogP contribution in [0.1, 0.15) is 40.3 Å². The number of rotatable bonds is 8. The molecule has 2 atom stereocenters. The molecule has 1 aromatic rings. The maximum atomic E-state index is 13.1. The van der Waals surface area contributed by atoms with Gasteiger partial charge in [-0.05, 0) is 33.3 Å². The second-order valence-electron chi connectivity index (χ2n) is 9.06. The first-order valence-electron chi connectivity index (χ1n) is 11.3. The molecule has 3 rings (SSSR count). The summed E-state index contributed by atoms with van der Waals surface area (Å²) in [6, 6.07) is -1.01. The molecule has 0 aliphatic carbocycles. The number of ether oxygens (including phenoxy) is 2. The number of hydrogen-bond acceptors (Lipinski definition) is 13. The number of nitrogens with zero attached hydrogens (tertiary/aromatic N) is 3. The van der Waals surface area contributed by atoms with Gasteiger partial charge in [0.05, 0.1) is 5.41 Å². The van der Waals surface area contributed by atoms with Gasteiger partial charge >= 0.3 is 17.9 Å². The standard InChI is InChI=1S/C23H27N5O8S2/c1-6-7-12-8-37-19-15(26-17(30)14(27-36-11(2)29)13-9-38-22(24)25-13)18(31)28(19)16(12)20(32)34-10-35-21(33)23(3,4)5/h6-7,9,15,19H,8,10H2,1-5H3,(H2,24,25)(H,26,30)/b7-6+,27-14-/t15-,19+/m1/s1. The van der Waals surface area contributed by atoms with Crippen molar-refractivity contribution < 1.29 is 38.3 Å². The van der Waals surface area contributed by atoms with Crippen LogP contribution >= 0.6 is 23.1 Å². The van der Waals surface area contributed by atoms with Crippen LogP contribution in [0.5, 0.6) is 0 Å². The fourth-order valence-electron chi connectivity index (χ4n) is 3.30. The van der Waals surface area contributed by atoms with Crippen molar-refractivity contribution in [2.45, 2.75) is 46.0 Å². The third-order valence-corrected chi connectivity index (χ3v) is 7.06. The molecule has 0 bridgehead atoms. The zero-order valence-electron chi connectivity index (χ0n) is 21.3. The minimum atomic E-state index is -1.01. The highest BCUT2D eigenvalue weighted by Crippen LogP contribution is 2.41. The van der Waals surface area contributed by atoms with E-state index < -0.39 is 53.3 Å². The van der Waals surface area contributed by atoms with E-state index in [1.54, 1.807) is 39.8 Å². The van der Waals surface area contributed by atoms with Crippen molar-refractivity contribution in [1.29, 1.82) is 0 Å². The van der Waals surface area contributed by atoms with Crippen molar-refractivity contribution >= 4 is 63.7 Å². The monoisotopic (exact) mass is 565 g/mol. The molecule has 2 aliphatic heterocycles. The van der Waals surface area contributed by atoms with Crippen LogP contribution in [0.25, 0.3) is 0 Å². The summed E-state index contributed by atoms with van der Waals surface area (Å²) in [5.41, 5.74) is 5.11. The van der Waals surface area contributed by atoms with Gasteiger partial charge < -0.3 is 25.4 Å². The lowest BCUT2D eigenvalue weighted by molar-refractivity contribution is -0.173. The Morgan fingerprint density at radius 3 is 2.58 bits per heavy atom. The molecule has 2 amide bonds. The molecule has 1 fully saturated rings. The van der Waals surface area contributed by atoms with Crippen LogP contribution in [0.15, 0.2) is 34.0 Å². The van der Waals surface area contributed by atoms with Crippen molar-refractivity contribution in [3.8, 4) is 0 Å². The molecule has 0 saturated carbocycles. The Morgan fingerprint density at radius 2 is 2.00 bits per heavy atom. The van der Waals surface area contributed by atoms with Crippen LogP contribution in [0.4, 0.5) is 5.13 Å². The Morgan fingerprint density at radius 1 is 1.29 bits per heavy atom. The third kappa shape index (κ3) is 6.39. The number of nitrogen functional groups attached to an aromatic ring is 1. The minimum Gasteiger partial charge on any atom is -0.427 e. The van der Waals surface area contributed by atoms with E-state index in [4.69, 9.17) is 15.2 Å². The van der Waals surface area contributed by atoms with E-state index in [0.717, 1.165) is 18.3 Å². The molecule has 0 radical (unpaired) electrons. The summed E-state index contributed by atoms with van der Waals surface area (Å²) >= 11 is 2.38. The van der Waals surface area contributed by atoms with Crippen LogP contribution in [0, 0.1) is 5.41 Å². The number of carbonyl (C=O) groups excluding carboxylic acids is 5. The van der Waals surface area contributed by atoms with Crippen LogP contribution in [0.2, 0.25) is 0 Å². The molecule has 1 aromatic heterocycles. The highest BCUT2D eigenvalue weighted by molar-refractivity contribution is 8.00. The number of oxime groups is 1. The first-order chi connectivity index (χ1) is 17.8. The molecule has 0 aromatic carbocycles. The molecule has 2 aliphatic rings. The number of carbonyl (C=O) groups is 5. The molecule has 15 heteroatoms. The van der Waals surface area contributed by atoms with Gasteiger partial charge in [-0.2, -0.15) is 0 Å². The molecule has 1 saturated heterocycles. The number of fused-ring (bicyclic) bond motifs is 1. The van der Waals surface area contributed by atoms with Crippen LogP contribution in [-0.2, 0) is 38.3 Å². The van der Waals surface area contributed by atoms with Crippen molar-refractivity contribution in [3.63, 3.8) is 0 Å². The Hall–Kier alpha value is -3.72. The van der Waals surface area contributed by atoms with E-state index in [0.29, 0.717) is 11.3 Å². The lowest BCUT2D eigenvalue weighted by Gasteiger charge is -2.49. The second kappa shape index (κ2) is 11.8. The summed E-state index contributed by atoms with van der Waals surface area (Å²) in [6.07, 6.45) is 3.39. The lowest BCUT2D eigenvalue weighted by atomic mass is 9.98. The second-order valence-corrected chi connectivity index (χ2v) is 11.1. The van der Waals surface area contributed by atoms with Crippen molar-refractivity contribution in [2.24, 2.45) is 10.6 Å². The average Bonchev–Trinajstić information content (AvgIpc) is 3.27. The summed E-state index contributed by atoms with van der Waals surface area (Å²) in [7, 11) is 0. The van der Waals surface area contributed by atoms with Crippen LogP contribution in [-0.4, -0.2) is 69.3 Å². The minimum absolute atomic E-state index is 0.00441. The average molecular weight is 566 g/mol. The van der Waals surface area contributed by atoms with Gasteiger partial charge in [-0.15, -0.1) is 23.1 Å². The smallest absolute Gasteiger partial charge is 0.358 e. The van der Waals surface area contributed by atoms with E-state index in [2.05, 4.69) is 20.3 Å². The molecule has 3 heterocycles. The van der Waals surface area contributed by atoms with Crippen molar-refractivity contribution in [3.05, 3.63) is 34.5 Å². The summed E-state index contributed by atoms with van der Waals surface area (Å²) in [6.45, 7) is 7.23. The molecular weight excluding hydrogens is 538 g/mol. The van der Waals surface area contributed by atoms with E-state index in [1.807, 2.05) is 0 Å². The number of hydrogen-bond donors (Lipinski definition) is 2.